The number of amides is 3. The molecule has 2 atom stereocenters. The summed E-state index contributed by atoms with van der Waals surface area (Å²) in [5.74, 6) is -1.15. The Morgan fingerprint density at radius 2 is 2.33 bits per heavy atom. The second-order valence-corrected chi connectivity index (χ2v) is 5.10. The molecule has 0 saturated carbocycles. The maximum Gasteiger partial charge on any atom is 0.322 e. The Balaban J connectivity index is 1.91. The minimum Gasteiger partial charge on any atom is -0.379 e. The van der Waals surface area contributed by atoms with Crippen LogP contribution in [-0.4, -0.2) is 44.3 Å². The van der Waals surface area contributed by atoms with E-state index in [1.165, 1.54) is 24.1 Å². The summed E-state index contributed by atoms with van der Waals surface area (Å²) >= 11 is 0. The van der Waals surface area contributed by atoms with Crippen LogP contribution in [0, 0.1) is 5.82 Å². The highest BCUT2D eigenvalue weighted by Crippen LogP contribution is 2.28. The fourth-order valence-corrected chi connectivity index (χ4v) is 2.81. The fourth-order valence-electron chi connectivity index (χ4n) is 2.81. The molecule has 0 bridgehead atoms. The molecule has 0 aliphatic carbocycles. The largest absolute Gasteiger partial charge is 0.379 e. The molecule has 2 unspecified atom stereocenters. The molecule has 21 heavy (non-hydrogen) atoms. The van der Waals surface area contributed by atoms with Gasteiger partial charge in [-0.05, 0) is 24.6 Å². The Morgan fingerprint density at radius 1 is 1.52 bits per heavy atom. The molecule has 7 heteroatoms. The van der Waals surface area contributed by atoms with E-state index in [-0.39, 0.29) is 23.7 Å². The number of carbonyl (C=O) groups excluding carboxylic acids is 2. The number of rotatable bonds is 2. The van der Waals surface area contributed by atoms with Gasteiger partial charge in [-0.2, -0.15) is 0 Å². The summed E-state index contributed by atoms with van der Waals surface area (Å²) < 4.78 is 19.4. The van der Waals surface area contributed by atoms with Gasteiger partial charge < -0.3 is 15.4 Å². The van der Waals surface area contributed by atoms with Crippen molar-refractivity contribution in [2.45, 2.75) is 18.5 Å². The molecule has 6 nitrogen and oxygen atoms in total. The van der Waals surface area contributed by atoms with Crippen LogP contribution < -0.4 is 15.5 Å². The highest BCUT2D eigenvalue weighted by atomic mass is 19.1. The molecular formula is C14H16FN3O3. The smallest absolute Gasteiger partial charge is 0.322 e. The summed E-state index contributed by atoms with van der Waals surface area (Å²) in [6, 6.07) is 3.78. The third kappa shape index (κ3) is 2.33. The van der Waals surface area contributed by atoms with Crippen LogP contribution in [0.4, 0.5) is 14.9 Å². The Labute approximate surface area is 121 Å². The van der Waals surface area contributed by atoms with E-state index < -0.39 is 11.7 Å². The van der Waals surface area contributed by atoms with Gasteiger partial charge in [0, 0.05) is 19.3 Å². The van der Waals surface area contributed by atoms with Crippen molar-refractivity contribution in [1.29, 1.82) is 0 Å². The summed E-state index contributed by atoms with van der Waals surface area (Å²) in [4.78, 5) is 25.1. The van der Waals surface area contributed by atoms with Crippen LogP contribution in [0.2, 0.25) is 0 Å². The normalized spacial score (nSPS) is 24.5. The Bertz CT molecular complexity index is 593. The number of halogens is 1. The lowest BCUT2D eigenvalue weighted by Crippen LogP contribution is -2.44. The third-order valence-electron chi connectivity index (χ3n) is 3.89. The van der Waals surface area contributed by atoms with Gasteiger partial charge in [0.25, 0.3) is 5.91 Å². The number of hydrogen-bond acceptors (Lipinski definition) is 3. The first-order valence-electron chi connectivity index (χ1n) is 6.81. The fraction of sp³-hybridized carbons (Fsp3) is 0.429. The Morgan fingerprint density at radius 3 is 3.05 bits per heavy atom. The molecular weight excluding hydrogens is 277 g/mol. The second kappa shape index (κ2) is 5.33. The number of nitrogens with zero attached hydrogens (tertiary/aromatic N) is 1. The number of ether oxygens (including phenoxy) is 1. The summed E-state index contributed by atoms with van der Waals surface area (Å²) in [5, 5.41) is 5.25. The van der Waals surface area contributed by atoms with Crippen LogP contribution in [-0.2, 0) is 4.74 Å². The molecule has 2 aliphatic heterocycles. The first-order valence-corrected chi connectivity index (χ1v) is 6.81. The van der Waals surface area contributed by atoms with Crippen molar-refractivity contribution in [3.63, 3.8) is 0 Å². The first-order chi connectivity index (χ1) is 10.1. The van der Waals surface area contributed by atoms with E-state index >= 15 is 0 Å². The number of nitrogens with one attached hydrogen (secondary N) is 2. The monoisotopic (exact) mass is 293 g/mol. The number of carbonyl (C=O) groups is 2. The number of urea groups is 1. The van der Waals surface area contributed by atoms with Crippen molar-refractivity contribution >= 4 is 17.6 Å². The van der Waals surface area contributed by atoms with Crippen LogP contribution in [0.1, 0.15) is 16.8 Å². The van der Waals surface area contributed by atoms with E-state index in [1.807, 2.05) is 0 Å². The summed E-state index contributed by atoms with van der Waals surface area (Å²) in [5.41, 5.74) is 0.382. The van der Waals surface area contributed by atoms with Crippen LogP contribution in [0.15, 0.2) is 18.2 Å². The maximum atomic E-state index is 14.0. The molecule has 2 N–H and O–H groups in total. The van der Waals surface area contributed by atoms with E-state index in [4.69, 9.17) is 4.74 Å². The number of benzene rings is 1. The molecule has 112 valence electrons. The van der Waals surface area contributed by atoms with Gasteiger partial charge in [0.05, 0.1) is 24.3 Å². The van der Waals surface area contributed by atoms with Crippen LogP contribution >= 0.6 is 0 Å². The molecule has 2 aliphatic rings. The summed E-state index contributed by atoms with van der Waals surface area (Å²) in [6.07, 6.45) is 0.742. The molecule has 0 radical (unpaired) electrons. The van der Waals surface area contributed by atoms with E-state index in [2.05, 4.69) is 10.6 Å². The van der Waals surface area contributed by atoms with E-state index in [9.17, 15) is 14.0 Å². The van der Waals surface area contributed by atoms with E-state index in [0.717, 1.165) is 6.42 Å². The van der Waals surface area contributed by atoms with Crippen molar-refractivity contribution in [2.24, 2.45) is 0 Å². The predicted octanol–water partition coefficient (Wildman–Crippen LogP) is 0.872. The predicted molar refractivity (Wildman–Crippen MR) is 73.8 cm³/mol. The lowest BCUT2D eigenvalue weighted by molar-refractivity contribution is 0.0738. The standard InChI is InChI=1S/C14H16FN3O3/c1-16-13(19)9-3-2-8(6-10(9)15)18-12-7-21-5-4-11(12)17-14(18)20/h2-3,6,11-12H,4-5,7H2,1H3,(H,16,19)(H,17,20). The van der Waals surface area contributed by atoms with Crippen LogP contribution in [0.3, 0.4) is 0 Å². The molecule has 2 heterocycles. The average molecular weight is 293 g/mol. The zero-order chi connectivity index (χ0) is 15.0. The average Bonchev–Trinajstić information content (AvgIpc) is 2.82. The molecule has 2 fully saturated rings. The Hall–Kier alpha value is -2.15. The topological polar surface area (TPSA) is 70.7 Å². The van der Waals surface area contributed by atoms with E-state index in [1.54, 1.807) is 6.07 Å². The van der Waals surface area contributed by atoms with Gasteiger partial charge >= 0.3 is 6.03 Å². The van der Waals surface area contributed by atoms with Crippen molar-refractivity contribution in [3.8, 4) is 0 Å². The zero-order valence-corrected chi connectivity index (χ0v) is 11.6. The van der Waals surface area contributed by atoms with Gasteiger partial charge in [0.2, 0.25) is 0 Å². The minimum absolute atomic E-state index is 0.0212. The molecule has 1 aromatic carbocycles. The van der Waals surface area contributed by atoms with Gasteiger partial charge in [-0.25, -0.2) is 9.18 Å². The van der Waals surface area contributed by atoms with Crippen LogP contribution in [0.5, 0.6) is 0 Å². The van der Waals surface area contributed by atoms with Gasteiger partial charge in [-0.3, -0.25) is 9.69 Å². The van der Waals surface area contributed by atoms with Crippen molar-refractivity contribution in [1.82, 2.24) is 10.6 Å². The third-order valence-corrected chi connectivity index (χ3v) is 3.89. The quantitative estimate of drug-likeness (QED) is 0.850. The number of anilines is 1. The van der Waals surface area contributed by atoms with Gasteiger partial charge in [0.1, 0.15) is 5.82 Å². The highest BCUT2D eigenvalue weighted by Gasteiger charge is 2.42. The highest BCUT2D eigenvalue weighted by molar-refractivity contribution is 5.98. The zero-order valence-electron chi connectivity index (χ0n) is 11.6. The second-order valence-electron chi connectivity index (χ2n) is 5.10. The lowest BCUT2D eigenvalue weighted by Gasteiger charge is -2.29. The molecule has 3 amide bonds. The molecule has 0 aromatic heterocycles. The lowest BCUT2D eigenvalue weighted by atomic mass is 10.0. The number of fused-ring (bicyclic) bond motifs is 1. The summed E-state index contributed by atoms with van der Waals surface area (Å²) in [6.45, 7) is 1.03. The molecule has 3 rings (SSSR count). The van der Waals surface area contributed by atoms with Gasteiger partial charge in [-0.1, -0.05) is 0 Å². The minimum atomic E-state index is -0.653. The molecule has 1 aromatic rings. The number of hydrogen-bond donors (Lipinski definition) is 2. The SMILES string of the molecule is CNC(=O)c1ccc(N2C(=O)NC3CCOCC32)cc1F. The summed E-state index contributed by atoms with van der Waals surface area (Å²) in [7, 11) is 1.44. The first kappa shape index (κ1) is 13.8. The van der Waals surface area contributed by atoms with E-state index in [0.29, 0.717) is 18.9 Å². The Kier molecular flexibility index (Phi) is 3.50. The molecule has 0 spiro atoms. The van der Waals surface area contributed by atoms with Gasteiger partial charge in [-0.15, -0.1) is 0 Å². The molecule has 2 saturated heterocycles. The van der Waals surface area contributed by atoms with Crippen LogP contribution in [0.25, 0.3) is 0 Å². The van der Waals surface area contributed by atoms with Crippen molar-refractivity contribution in [2.75, 3.05) is 25.2 Å². The maximum absolute atomic E-state index is 14.0. The van der Waals surface area contributed by atoms with Crippen molar-refractivity contribution < 1.29 is 18.7 Å². The van der Waals surface area contributed by atoms with Gasteiger partial charge in [0.15, 0.2) is 0 Å². The van der Waals surface area contributed by atoms with Crippen molar-refractivity contribution in [3.05, 3.63) is 29.6 Å².